The van der Waals surface area contributed by atoms with Gasteiger partial charge in [0.25, 0.3) is 5.91 Å². The van der Waals surface area contributed by atoms with Crippen LogP contribution >= 0.6 is 0 Å². The van der Waals surface area contributed by atoms with Crippen LogP contribution in [0.1, 0.15) is 19.5 Å². The van der Waals surface area contributed by atoms with Gasteiger partial charge in [-0.2, -0.15) is 0 Å². The van der Waals surface area contributed by atoms with E-state index in [1.807, 2.05) is 13.0 Å². The van der Waals surface area contributed by atoms with Crippen molar-refractivity contribution in [3.05, 3.63) is 23.9 Å². The van der Waals surface area contributed by atoms with Crippen LogP contribution in [0.25, 0.3) is 0 Å². The van der Waals surface area contributed by atoms with Gasteiger partial charge in [0, 0.05) is 5.69 Å². The lowest BCUT2D eigenvalue weighted by Crippen LogP contribution is -2.36. The van der Waals surface area contributed by atoms with Crippen LogP contribution in [-0.2, 0) is 4.79 Å². The average molecular weight is 194 g/mol. The van der Waals surface area contributed by atoms with Crippen molar-refractivity contribution in [2.45, 2.75) is 26.4 Å². The van der Waals surface area contributed by atoms with E-state index in [1.54, 1.807) is 12.1 Å². The topological polar surface area (TPSA) is 62.2 Å². The minimum atomic E-state index is -1.38. The fourth-order valence-corrected chi connectivity index (χ4v) is 0.882. The van der Waals surface area contributed by atoms with Crippen LogP contribution in [-0.4, -0.2) is 21.6 Å². The molecule has 0 aromatic carbocycles. The van der Waals surface area contributed by atoms with E-state index in [1.165, 1.54) is 13.8 Å². The minimum absolute atomic E-state index is 0.456. The fourth-order valence-electron chi connectivity index (χ4n) is 0.882. The number of amides is 1. The van der Waals surface area contributed by atoms with Gasteiger partial charge in [-0.3, -0.25) is 4.79 Å². The Hall–Kier alpha value is -1.42. The molecule has 1 rings (SSSR count). The molecular weight excluding hydrogens is 180 g/mol. The number of hydrogen-bond acceptors (Lipinski definition) is 3. The second-order valence-electron chi connectivity index (χ2n) is 3.68. The molecule has 0 aliphatic carbocycles. The number of aliphatic hydroxyl groups is 1. The zero-order chi connectivity index (χ0) is 10.8. The molecule has 1 aromatic rings. The summed E-state index contributed by atoms with van der Waals surface area (Å²) in [6.45, 7) is 4.69. The molecule has 0 saturated carbocycles. The first kappa shape index (κ1) is 10.7. The molecule has 76 valence electrons. The molecule has 0 saturated heterocycles. The van der Waals surface area contributed by atoms with Crippen LogP contribution in [0.15, 0.2) is 18.2 Å². The molecule has 1 aromatic heterocycles. The molecule has 4 heteroatoms. The maximum absolute atomic E-state index is 11.3. The largest absolute Gasteiger partial charge is 0.381 e. The summed E-state index contributed by atoms with van der Waals surface area (Å²) >= 11 is 0. The predicted molar refractivity (Wildman–Crippen MR) is 53.9 cm³/mol. The standard InChI is InChI=1S/C10H14N2O2/c1-7-5-4-6-8(11-7)12-9(13)10(2,3)14/h4-6,14H,1-3H3,(H,11,12,13). The Balaban J connectivity index is 2.75. The molecule has 2 N–H and O–H groups in total. The van der Waals surface area contributed by atoms with E-state index in [4.69, 9.17) is 0 Å². The maximum Gasteiger partial charge on any atom is 0.256 e. The second kappa shape index (κ2) is 3.75. The number of hydrogen-bond donors (Lipinski definition) is 2. The quantitative estimate of drug-likeness (QED) is 0.741. The van der Waals surface area contributed by atoms with Crippen LogP contribution in [0.2, 0.25) is 0 Å². The van der Waals surface area contributed by atoms with Gasteiger partial charge < -0.3 is 10.4 Å². The van der Waals surface area contributed by atoms with Crippen molar-refractivity contribution in [1.29, 1.82) is 0 Å². The smallest absolute Gasteiger partial charge is 0.256 e. The lowest BCUT2D eigenvalue weighted by molar-refractivity contribution is -0.130. The van der Waals surface area contributed by atoms with Crippen molar-refractivity contribution in [3.63, 3.8) is 0 Å². The summed E-state index contributed by atoms with van der Waals surface area (Å²) in [5.74, 6) is -0.00674. The van der Waals surface area contributed by atoms with Crippen molar-refractivity contribution in [2.75, 3.05) is 5.32 Å². The van der Waals surface area contributed by atoms with Crippen LogP contribution in [0.4, 0.5) is 5.82 Å². The molecule has 1 amide bonds. The second-order valence-corrected chi connectivity index (χ2v) is 3.68. The van der Waals surface area contributed by atoms with E-state index in [9.17, 15) is 9.90 Å². The van der Waals surface area contributed by atoms with Crippen molar-refractivity contribution in [2.24, 2.45) is 0 Å². The SMILES string of the molecule is Cc1cccc(NC(=O)C(C)(C)O)n1. The Morgan fingerprint density at radius 3 is 2.64 bits per heavy atom. The lowest BCUT2D eigenvalue weighted by Gasteiger charge is -2.16. The molecule has 0 bridgehead atoms. The number of carbonyl (C=O) groups is 1. The van der Waals surface area contributed by atoms with Gasteiger partial charge >= 0.3 is 0 Å². The normalized spacial score (nSPS) is 11.1. The van der Waals surface area contributed by atoms with Gasteiger partial charge in [0.05, 0.1) is 0 Å². The number of aryl methyl sites for hydroxylation is 1. The molecule has 0 fully saturated rings. The Kier molecular flexibility index (Phi) is 2.86. The molecule has 0 spiro atoms. The summed E-state index contributed by atoms with van der Waals surface area (Å²) in [4.78, 5) is 15.4. The van der Waals surface area contributed by atoms with Crippen LogP contribution < -0.4 is 5.32 Å². The van der Waals surface area contributed by atoms with Gasteiger partial charge in [-0.05, 0) is 32.9 Å². The lowest BCUT2D eigenvalue weighted by atomic mass is 10.1. The third-order valence-corrected chi connectivity index (χ3v) is 1.69. The van der Waals surface area contributed by atoms with Crippen LogP contribution in [0, 0.1) is 6.92 Å². The minimum Gasteiger partial charge on any atom is -0.381 e. The van der Waals surface area contributed by atoms with E-state index in [0.29, 0.717) is 5.82 Å². The number of rotatable bonds is 2. The monoisotopic (exact) mass is 194 g/mol. The predicted octanol–water partition coefficient (Wildman–Crippen LogP) is 1.10. The number of aromatic nitrogens is 1. The molecule has 0 aliphatic rings. The first-order chi connectivity index (χ1) is 6.39. The highest BCUT2D eigenvalue weighted by Crippen LogP contribution is 2.08. The summed E-state index contributed by atoms with van der Waals surface area (Å²) in [6, 6.07) is 5.30. The van der Waals surface area contributed by atoms with Crippen molar-refractivity contribution in [1.82, 2.24) is 4.98 Å². The fraction of sp³-hybridized carbons (Fsp3) is 0.400. The molecular formula is C10H14N2O2. The van der Waals surface area contributed by atoms with Gasteiger partial charge in [-0.25, -0.2) is 4.98 Å². The van der Waals surface area contributed by atoms with E-state index in [-0.39, 0.29) is 0 Å². The zero-order valence-corrected chi connectivity index (χ0v) is 8.53. The highest BCUT2D eigenvalue weighted by Gasteiger charge is 2.23. The number of nitrogens with zero attached hydrogens (tertiary/aromatic N) is 1. The molecule has 1 heterocycles. The third-order valence-electron chi connectivity index (χ3n) is 1.69. The number of nitrogens with one attached hydrogen (secondary N) is 1. The molecule has 0 atom stereocenters. The van der Waals surface area contributed by atoms with Gasteiger partial charge in [0.15, 0.2) is 0 Å². The maximum atomic E-state index is 11.3. The van der Waals surface area contributed by atoms with Crippen LogP contribution in [0.5, 0.6) is 0 Å². The summed E-state index contributed by atoms with van der Waals surface area (Å²) in [5, 5.41) is 11.9. The van der Waals surface area contributed by atoms with E-state index >= 15 is 0 Å². The summed E-state index contributed by atoms with van der Waals surface area (Å²) in [5.41, 5.74) is -0.565. The van der Waals surface area contributed by atoms with E-state index in [0.717, 1.165) is 5.69 Å². The van der Waals surface area contributed by atoms with E-state index in [2.05, 4.69) is 10.3 Å². The Morgan fingerprint density at radius 1 is 1.50 bits per heavy atom. The molecule has 4 nitrogen and oxygen atoms in total. The molecule has 0 unspecified atom stereocenters. The first-order valence-corrected chi connectivity index (χ1v) is 4.37. The summed E-state index contributed by atoms with van der Waals surface area (Å²) < 4.78 is 0. The van der Waals surface area contributed by atoms with Gasteiger partial charge in [-0.15, -0.1) is 0 Å². The Labute approximate surface area is 83.0 Å². The first-order valence-electron chi connectivity index (χ1n) is 4.37. The zero-order valence-electron chi connectivity index (χ0n) is 8.53. The third kappa shape index (κ3) is 2.81. The van der Waals surface area contributed by atoms with Gasteiger partial charge in [-0.1, -0.05) is 6.07 Å². The van der Waals surface area contributed by atoms with Gasteiger partial charge in [0.2, 0.25) is 0 Å². The average Bonchev–Trinajstić information content (AvgIpc) is 2.02. The highest BCUT2D eigenvalue weighted by atomic mass is 16.3. The molecule has 0 aliphatic heterocycles. The Bertz CT molecular complexity index is 342. The number of carbonyl (C=O) groups excluding carboxylic acids is 1. The van der Waals surface area contributed by atoms with Crippen molar-refractivity contribution in [3.8, 4) is 0 Å². The van der Waals surface area contributed by atoms with Crippen molar-refractivity contribution >= 4 is 11.7 Å². The molecule has 0 radical (unpaired) electrons. The Morgan fingerprint density at radius 2 is 2.14 bits per heavy atom. The van der Waals surface area contributed by atoms with Gasteiger partial charge in [0.1, 0.15) is 11.4 Å². The number of anilines is 1. The molecule has 14 heavy (non-hydrogen) atoms. The van der Waals surface area contributed by atoms with Crippen molar-refractivity contribution < 1.29 is 9.90 Å². The highest BCUT2D eigenvalue weighted by molar-refractivity contribution is 5.95. The summed E-state index contributed by atoms with van der Waals surface area (Å²) in [6.07, 6.45) is 0. The van der Waals surface area contributed by atoms with Crippen LogP contribution in [0.3, 0.4) is 0 Å². The number of pyridine rings is 1. The summed E-state index contributed by atoms with van der Waals surface area (Å²) in [7, 11) is 0. The van der Waals surface area contributed by atoms with E-state index < -0.39 is 11.5 Å².